The average molecular weight is 1630 g/mol. The van der Waals surface area contributed by atoms with Gasteiger partial charge in [0.1, 0.15) is 18.9 Å². The van der Waals surface area contributed by atoms with E-state index in [1.54, 1.807) is 129 Å². The highest BCUT2D eigenvalue weighted by atomic mass is 19.4. The molecule has 0 saturated carbocycles. The van der Waals surface area contributed by atoms with Crippen LogP contribution in [-0.4, -0.2) is 149 Å². The molecule has 2 aliphatic heterocycles. The highest BCUT2D eigenvalue weighted by Gasteiger charge is 2.33. The highest BCUT2D eigenvalue weighted by molar-refractivity contribution is 5.96. The summed E-state index contributed by atoms with van der Waals surface area (Å²) in [5.41, 5.74) is 6.51. The standard InChI is InChI=1S/C40H41F3N8O6.C39H40F3N9O6.2C2H6/c41-40(42,43)25-51-38(56)33(20-35(48-51)26-5-8-31(9-6-26)46-39(57)49-22-28-15-17-44-21-30(28)23-49)27-7-12-34-29(19-27)24-50(47-34)18-4-2-1-3-16-45-36(53)13-10-32(52)11-14-37(54)55;40-39(41,42)24-51-37(56)30(18-32(48-51)25-8-10-28(11-9-25)47-38(57)49-22-26-14-16-43-19-27(26)23-49)29-6-5-7-33-31(29)20-46-50(33)17-4-2-1-3-15-44-35(53)21-45-34(52)12-13-36(54)55;2*1-2/h5-9,12,15,17,19-21,24H,1-4,10-11,13-14,16,18,22-23,25H2,(H,45,53)(H,46,57)(H,54,55);5-11,14,16,18-20H,1-4,12-13,15,17,21-24H2,(H,44,53)(H,45,52)(H,47,57)(H,54,55);2*1-2H3. The maximum absolute atomic E-state index is 13.7. The van der Waals surface area contributed by atoms with E-state index in [0.29, 0.717) is 124 Å². The number of halogens is 6. The van der Waals surface area contributed by atoms with Crippen molar-refractivity contribution < 1.29 is 74.9 Å². The van der Waals surface area contributed by atoms with Gasteiger partial charge in [0.25, 0.3) is 11.1 Å². The number of aryl methyl sites for hydroxylation is 2. The molecule has 118 heavy (non-hydrogen) atoms. The molecule has 0 bridgehead atoms. The number of carbonyl (C=O) groups excluding carboxylic acids is 6. The Balaban J connectivity index is 0.000000258. The molecule has 10 aromatic rings. The first kappa shape index (κ1) is 89.0. The summed E-state index contributed by atoms with van der Waals surface area (Å²) in [5, 5.41) is 49.4. The number of Topliss-reactive ketones (excluding diaryl/α,β-unsaturated/α-hetero) is 1. The first-order chi connectivity index (χ1) is 56.6. The van der Waals surface area contributed by atoms with Gasteiger partial charge in [0, 0.05) is 142 Å². The van der Waals surface area contributed by atoms with Crippen molar-refractivity contribution in [3.63, 3.8) is 0 Å². The van der Waals surface area contributed by atoms with Crippen LogP contribution in [-0.2, 0) is 81.1 Å². The third kappa shape index (κ3) is 26.0. The molecule has 12 rings (SSSR count). The normalized spacial score (nSPS) is 12.1. The van der Waals surface area contributed by atoms with Gasteiger partial charge >= 0.3 is 36.4 Å². The van der Waals surface area contributed by atoms with Crippen molar-refractivity contribution in [1.29, 1.82) is 0 Å². The van der Waals surface area contributed by atoms with E-state index < -0.39 is 54.4 Å². The van der Waals surface area contributed by atoms with E-state index in [9.17, 15) is 74.3 Å². The number of hydrogen-bond acceptors (Lipinski definition) is 16. The van der Waals surface area contributed by atoms with Crippen molar-refractivity contribution in [3.8, 4) is 44.8 Å². The van der Waals surface area contributed by atoms with Crippen molar-refractivity contribution in [2.45, 2.75) is 182 Å². The van der Waals surface area contributed by atoms with Crippen LogP contribution in [0.25, 0.3) is 66.6 Å². The highest BCUT2D eigenvalue weighted by Crippen LogP contribution is 2.33. The van der Waals surface area contributed by atoms with E-state index in [4.69, 9.17) is 10.2 Å². The zero-order valence-corrected chi connectivity index (χ0v) is 65.6. The number of hydrogen-bond donors (Lipinski definition) is 7. The Bertz CT molecular complexity index is 5250. The number of rotatable bonds is 33. The number of alkyl halides is 6. The van der Waals surface area contributed by atoms with Gasteiger partial charge in [-0.1, -0.05) is 95.8 Å². The Morgan fingerprint density at radius 3 is 1.47 bits per heavy atom. The van der Waals surface area contributed by atoms with Crippen molar-refractivity contribution >= 4 is 80.7 Å². The molecule has 0 unspecified atom stereocenters. The van der Waals surface area contributed by atoms with Crippen LogP contribution < -0.4 is 37.7 Å². The molecule has 6 aromatic heterocycles. The summed E-state index contributed by atoms with van der Waals surface area (Å²) >= 11 is 0. The lowest BCUT2D eigenvalue weighted by atomic mass is 10.0. The monoisotopic (exact) mass is 1630 g/mol. The summed E-state index contributed by atoms with van der Waals surface area (Å²) in [6, 6.07) is 29.3. The van der Waals surface area contributed by atoms with E-state index in [1.165, 1.54) is 12.1 Å². The van der Waals surface area contributed by atoms with Crippen molar-refractivity contribution in [2.24, 2.45) is 0 Å². The average Bonchev–Trinajstić information content (AvgIpc) is 1.31. The Morgan fingerprint density at radius 1 is 0.458 bits per heavy atom. The Hall–Kier alpha value is -13.0. The van der Waals surface area contributed by atoms with Crippen molar-refractivity contribution in [1.82, 2.24) is 74.8 Å². The largest absolute Gasteiger partial charge is 0.481 e. The molecule has 8 heterocycles. The second-order valence-electron chi connectivity index (χ2n) is 27.5. The first-order valence-electron chi connectivity index (χ1n) is 38.9. The van der Waals surface area contributed by atoms with Gasteiger partial charge in [0.05, 0.1) is 59.1 Å². The van der Waals surface area contributed by atoms with Gasteiger partial charge in [-0.15, -0.1) is 0 Å². The number of anilines is 2. The number of unbranched alkanes of at least 4 members (excludes halogenated alkanes) is 6. The number of fused-ring (bicyclic) bond motifs is 4. The smallest absolute Gasteiger partial charge is 0.408 e. The van der Waals surface area contributed by atoms with Gasteiger partial charge in [-0.2, -0.15) is 46.7 Å². The lowest BCUT2D eigenvalue weighted by Gasteiger charge is -2.17. The number of aromatic nitrogens is 10. The quantitative estimate of drug-likeness (QED) is 0.0148. The molecule has 7 amide bonds. The van der Waals surface area contributed by atoms with E-state index in [-0.39, 0.29) is 97.2 Å². The minimum Gasteiger partial charge on any atom is -0.481 e. The number of nitrogens with one attached hydrogen (secondary N) is 5. The molecular formula is C83H93F6N17O12. The summed E-state index contributed by atoms with van der Waals surface area (Å²) in [6.45, 7) is 8.35. The fraction of sp³-hybridized carbons (Fsp3) is 0.373. The number of amides is 7. The maximum Gasteiger partial charge on any atom is 0.408 e. The predicted octanol–water partition coefficient (Wildman–Crippen LogP) is 13.5. The number of nitrogens with zero attached hydrogens (tertiary/aromatic N) is 12. The summed E-state index contributed by atoms with van der Waals surface area (Å²) in [5.74, 6) is -3.52. The molecule has 0 atom stereocenters. The minimum atomic E-state index is -4.71. The van der Waals surface area contributed by atoms with Gasteiger partial charge in [0.2, 0.25) is 17.7 Å². The summed E-state index contributed by atoms with van der Waals surface area (Å²) < 4.78 is 86.2. The number of carboxylic acids is 2. The maximum atomic E-state index is 13.7. The molecule has 0 radical (unpaired) electrons. The van der Waals surface area contributed by atoms with Gasteiger partial charge in [0.15, 0.2) is 0 Å². The van der Waals surface area contributed by atoms with E-state index in [1.807, 2.05) is 52.1 Å². The van der Waals surface area contributed by atoms with Crippen LogP contribution >= 0.6 is 0 Å². The van der Waals surface area contributed by atoms with Crippen LogP contribution in [0.15, 0.2) is 156 Å². The zero-order chi connectivity index (χ0) is 85.1. The third-order valence-corrected chi connectivity index (χ3v) is 18.9. The van der Waals surface area contributed by atoms with Crippen LogP contribution in [0.1, 0.15) is 140 Å². The fourth-order valence-corrected chi connectivity index (χ4v) is 13.0. The molecule has 0 spiro atoms. The Labute approximate surface area is 674 Å². The predicted molar refractivity (Wildman–Crippen MR) is 429 cm³/mol. The number of benzene rings is 4. The van der Waals surface area contributed by atoms with Gasteiger partial charge in [-0.05, 0) is 126 Å². The topological polar surface area (TPSA) is 375 Å². The number of aliphatic carboxylic acids is 2. The number of carbonyl (C=O) groups is 8. The van der Waals surface area contributed by atoms with Gasteiger partial charge in [-0.3, -0.25) is 57.7 Å². The number of ketones is 1. The SMILES string of the molecule is CC.CC.O=C(O)CCC(=O)CCC(=O)NCCCCCCn1cc2cc(-c3cc(-c4ccc(NC(=O)N5Cc6ccncc6C5)cc4)nn(CC(F)(F)F)c3=O)ccc2n1.O=C(O)CCC(=O)NCC(=O)NCCCCCCn1ncc2c(-c3cc(-c4ccc(NC(=O)N5Cc6ccncc6C5)cc4)nn(CC(F)(F)F)c3=O)cccc21. The third-order valence-electron chi connectivity index (χ3n) is 18.9. The number of pyridine rings is 2. The molecule has 7 N–H and O–H groups in total. The van der Waals surface area contributed by atoms with Crippen LogP contribution in [0.4, 0.5) is 47.3 Å². The molecule has 29 nitrogen and oxygen atoms in total. The second kappa shape index (κ2) is 42.6. The van der Waals surface area contributed by atoms with E-state index in [0.717, 1.165) is 67.2 Å². The molecule has 0 fully saturated rings. The lowest BCUT2D eigenvalue weighted by molar-refractivity contribution is -0.144. The lowest BCUT2D eigenvalue weighted by Crippen LogP contribution is -2.37. The molecule has 624 valence electrons. The molecule has 0 saturated heterocycles. The van der Waals surface area contributed by atoms with Crippen molar-refractivity contribution in [3.05, 3.63) is 189 Å². The van der Waals surface area contributed by atoms with Gasteiger partial charge < -0.3 is 46.6 Å². The van der Waals surface area contributed by atoms with Crippen LogP contribution in [0.5, 0.6) is 0 Å². The van der Waals surface area contributed by atoms with Gasteiger partial charge in [-0.25, -0.2) is 19.0 Å². The van der Waals surface area contributed by atoms with Crippen molar-refractivity contribution in [2.75, 3.05) is 30.3 Å². The Kier molecular flexibility index (Phi) is 32.1. The summed E-state index contributed by atoms with van der Waals surface area (Å²) in [6.07, 6.45) is 6.33. The first-order valence-corrected chi connectivity index (χ1v) is 38.9. The minimum absolute atomic E-state index is 0.0187. The van der Waals surface area contributed by atoms with Crippen LogP contribution in [0.3, 0.4) is 0 Å². The van der Waals surface area contributed by atoms with Crippen LogP contribution in [0, 0.1) is 0 Å². The molecule has 35 heteroatoms. The summed E-state index contributed by atoms with van der Waals surface area (Å²) in [4.78, 5) is 133. The molecule has 2 aliphatic rings. The molecular weight excluding hydrogens is 1540 g/mol. The molecule has 0 aliphatic carbocycles. The molecule has 4 aromatic carbocycles. The fourth-order valence-electron chi connectivity index (χ4n) is 13.0. The van der Waals surface area contributed by atoms with Crippen LogP contribution in [0.2, 0.25) is 0 Å². The zero-order valence-electron chi connectivity index (χ0n) is 65.6. The number of urea groups is 2. The van der Waals surface area contributed by atoms with E-state index >= 15 is 0 Å². The summed E-state index contributed by atoms with van der Waals surface area (Å²) in [7, 11) is 0. The van der Waals surface area contributed by atoms with E-state index in [2.05, 4.69) is 56.9 Å². The number of carboxylic acid groups (broad SMARTS) is 2. The Morgan fingerprint density at radius 2 is 0.932 bits per heavy atom. The second-order valence-corrected chi connectivity index (χ2v) is 27.5.